The van der Waals surface area contributed by atoms with Crippen molar-refractivity contribution in [1.82, 2.24) is 10.5 Å². The van der Waals surface area contributed by atoms with Crippen molar-refractivity contribution in [2.75, 3.05) is 0 Å². The molecule has 1 aliphatic rings. The van der Waals surface area contributed by atoms with E-state index in [1.165, 1.54) is 0 Å². The Morgan fingerprint density at radius 3 is 2.74 bits per heavy atom. The summed E-state index contributed by atoms with van der Waals surface area (Å²) in [6, 6.07) is 11.2. The molecule has 0 radical (unpaired) electrons. The molecule has 1 aromatic carbocycles. The zero-order chi connectivity index (χ0) is 19.5. The molecule has 0 fully saturated rings. The van der Waals surface area contributed by atoms with Crippen LogP contribution in [0.2, 0.25) is 0 Å². The molecule has 0 amide bonds. The van der Waals surface area contributed by atoms with Crippen LogP contribution in [0.5, 0.6) is 0 Å². The number of benzene rings is 1. The van der Waals surface area contributed by atoms with E-state index in [4.69, 9.17) is 4.52 Å². The number of ketones is 1. The molecule has 0 aliphatic heterocycles. The molecule has 5 nitrogen and oxygen atoms in total. The van der Waals surface area contributed by atoms with E-state index >= 15 is 0 Å². The number of rotatable bonds is 5. The Labute approximate surface area is 159 Å². The van der Waals surface area contributed by atoms with Crippen LogP contribution in [0.25, 0.3) is 6.08 Å². The summed E-state index contributed by atoms with van der Waals surface area (Å²) in [5, 5.41) is 16.2. The van der Waals surface area contributed by atoms with Crippen LogP contribution in [-0.2, 0) is 0 Å². The summed E-state index contributed by atoms with van der Waals surface area (Å²) in [6.07, 6.45) is 12.0. The molecule has 3 rings (SSSR count). The third-order valence-electron chi connectivity index (χ3n) is 3.64. The number of nitrogens with one attached hydrogen (secondary N) is 1. The van der Waals surface area contributed by atoms with Crippen molar-refractivity contribution >= 4 is 11.9 Å². The van der Waals surface area contributed by atoms with E-state index in [-0.39, 0.29) is 5.78 Å². The SMILES string of the molecule is CCC(=O)c1ccccc1.Cc1cc(/C=C/NC2=CC=C(O)CC=C2)on1. The molecule has 5 heteroatoms. The maximum atomic E-state index is 11.0. The van der Waals surface area contributed by atoms with Crippen molar-refractivity contribution in [2.45, 2.75) is 26.7 Å². The molecular formula is C22H24N2O3. The van der Waals surface area contributed by atoms with Crippen LogP contribution in [0, 0.1) is 6.92 Å². The average Bonchev–Trinajstić information content (AvgIpc) is 2.99. The fourth-order valence-corrected chi connectivity index (χ4v) is 2.22. The van der Waals surface area contributed by atoms with Gasteiger partial charge in [0.1, 0.15) is 0 Å². The van der Waals surface area contributed by atoms with Gasteiger partial charge in [0.05, 0.1) is 11.5 Å². The van der Waals surface area contributed by atoms with Crippen LogP contribution >= 0.6 is 0 Å². The predicted molar refractivity (Wildman–Crippen MR) is 107 cm³/mol. The highest BCUT2D eigenvalue weighted by Crippen LogP contribution is 2.08. The fraction of sp³-hybridized carbons (Fsp3) is 0.182. The standard InChI is InChI=1S/C13H14N2O2.C9H10O/c1-10-9-13(17-15-10)7-8-14-11-3-2-4-12(16)6-5-11;1-2-9(10)8-6-4-3-5-7-8/h2-3,5-9,14,16H,4H2,1H3;3-7H,2H2,1H3/b8-7+;. The van der Waals surface area contributed by atoms with Crippen molar-refractivity contribution in [3.63, 3.8) is 0 Å². The Balaban J connectivity index is 0.000000223. The molecule has 140 valence electrons. The quantitative estimate of drug-likeness (QED) is 0.721. The second-order valence-corrected chi connectivity index (χ2v) is 5.88. The van der Waals surface area contributed by atoms with E-state index < -0.39 is 0 Å². The number of allylic oxidation sites excluding steroid dienone is 4. The third-order valence-corrected chi connectivity index (χ3v) is 3.64. The van der Waals surface area contributed by atoms with Crippen LogP contribution in [-0.4, -0.2) is 16.0 Å². The van der Waals surface area contributed by atoms with Gasteiger partial charge >= 0.3 is 0 Å². The van der Waals surface area contributed by atoms with Gasteiger partial charge in [0.25, 0.3) is 0 Å². The summed E-state index contributed by atoms with van der Waals surface area (Å²) in [4.78, 5) is 11.0. The minimum absolute atomic E-state index is 0.209. The molecule has 27 heavy (non-hydrogen) atoms. The van der Waals surface area contributed by atoms with Crippen molar-refractivity contribution in [1.29, 1.82) is 0 Å². The van der Waals surface area contributed by atoms with E-state index in [0.717, 1.165) is 17.0 Å². The minimum atomic E-state index is 0.209. The van der Waals surface area contributed by atoms with Gasteiger partial charge in [-0.3, -0.25) is 4.79 Å². The van der Waals surface area contributed by atoms with Gasteiger partial charge < -0.3 is 14.9 Å². The Hall–Kier alpha value is -3.34. The molecule has 2 aromatic rings. The second kappa shape index (κ2) is 10.6. The van der Waals surface area contributed by atoms with Crippen molar-refractivity contribution < 1.29 is 14.4 Å². The normalized spacial score (nSPS) is 13.3. The molecule has 1 heterocycles. The first-order valence-corrected chi connectivity index (χ1v) is 8.79. The molecule has 1 aliphatic carbocycles. The molecule has 0 spiro atoms. The smallest absolute Gasteiger partial charge is 0.162 e. The lowest BCUT2D eigenvalue weighted by Crippen LogP contribution is -2.00. The van der Waals surface area contributed by atoms with Crippen LogP contribution < -0.4 is 5.32 Å². The lowest BCUT2D eigenvalue weighted by Gasteiger charge is -1.97. The van der Waals surface area contributed by atoms with E-state index in [1.54, 1.807) is 18.4 Å². The molecule has 0 saturated carbocycles. The summed E-state index contributed by atoms with van der Waals surface area (Å²) < 4.78 is 5.03. The number of carbonyl (C=O) groups excluding carboxylic acids is 1. The number of Topliss-reactive ketones (excluding diaryl/α,β-unsaturated/α-hetero) is 1. The molecule has 0 bridgehead atoms. The summed E-state index contributed by atoms with van der Waals surface area (Å²) >= 11 is 0. The monoisotopic (exact) mass is 364 g/mol. The molecular weight excluding hydrogens is 340 g/mol. The van der Waals surface area contributed by atoms with Gasteiger partial charge in [-0.05, 0) is 31.2 Å². The fourth-order valence-electron chi connectivity index (χ4n) is 2.22. The first-order valence-electron chi connectivity index (χ1n) is 8.79. The van der Waals surface area contributed by atoms with Crippen molar-refractivity contribution in [3.8, 4) is 0 Å². The highest BCUT2D eigenvalue weighted by molar-refractivity contribution is 5.95. The van der Waals surface area contributed by atoms with Gasteiger partial charge in [-0.2, -0.15) is 0 Å². The van der Waals surface area contributed by atoms with Crippen LogP contribution in [0.1, 0.15) is 41.6 Å². The number of hydrogen-bond acceptors (Lipinski definition) is 5. The first-order chi connectivity index (χ1) is 13.1. The zero-order valence-electron chi connectivity index (χ0n) is 15.6. The van der Waals surface area contributed by atoms with Gasteiger partial charge in [-0.25, -0.2) is 0 Å². The number of aromatic nitrogens is 1. The Kier molecular flexibility index (Phi) is 7.85. The maximum absolute atomic E-state index is 11.0. The summed E-state index contributed by atoms with van der Waals surface area (Å²) in [5.41, 5.74) is 2.57. The second-order valence-electron chi connectivity index (χ2n) is 5.88. The lowest BCUT2D eigenvalue weighted by molar-refractivity contribution is 0.0988. The van der Waals surface area contributed by atoms with E-state index in [9.17, 15) is 9.90 Å². The molecule has 2 N–H and O–H groups in total. The molecule has 0 saturated heterocycles. The Bertz CT molecular complexity index is 859. The highest BCUT2D eigenvalue weighted by atomic mass is 16.5. The zero-order valence-corrected chi connectivity index (χ0v) is 15.6. The van der Waals surface area contributed by atoms with Crippen LogP contribution in [0.4, 0.5) is 0 Å². The van der Waals surface area contributed by atoms with E-state index in [0.29, 0.717) is 24.4 Å². The largest absolute Gasteiger partial charge is 0.512 e. The summed E-state index contributed by atoms with van der Waals surface area (Å²) in [6.45, 7) is 3.74. The Morgan fingerprint density at radius 2 is 2.07 bits per heavy atom. The highest BCUT2D eigenvalue weighted by Gasteiger charge is 1.99. The summed E-state index contributed by atoms with van der Waals surface area (Å²) in [7, 11) is 0. The van der Waals surface area contributed by atoms with Crippen molar-refractivity contribution in [3.05, 3.63) is 95.4 Å². The van der Waals surface area contributed by atoms with E-state index in [1.807, 2.05) is 68.5 Å². The Morgan fingerprint density at radius 1 is 1.30 bits per heavy atom. The molecule has 0 unspecified atom stereocenters. The number of aliphatic hydroxyl groups is 1. The number of aryl methyl sites for hydroxylation is 1. The average molecular weight is 364 g/mol. The third kappa shape index (κ3) is 7.20. The van der Waals surface area contributed by atoms with Crippen LogP contribution in [0.15, 0.2) is 82.9 Å². The maximum Gasteiger partial charge on any atom is 0.162 e. The number of carbonyl (C=O) groups is 1. The van der Waals surface area contributed by atoms with Crippen LogP contribution in [0.3, 0.4) is 0 Å². The number of nitrogens with zero attached hydrogens (tertiary/aromatic N) is 1. The van der Waals surface area contributed by atoms with E-state index in [2.05, 4.69) is 10.5 Å². The lowest BCUT2D eigenvalue weighted by atomic mass is 10.1. The first kappa shape index (κ1) is 20.0. The van der Waals surface area contributed by atoms with Gasteiger partial charge in [-0.15, -0.1) is 0 Å². The predicted octanol–water partition coefficient (Wildman–Crippen LogP) is 5.11. The topological polar surface area (TPSA) is 75.4 Å². The molecule has 1 aromatic heterocycles. The van der Waals surface area contributed by atoms with Gasteiger partial charge in [0.2, 0.25) is 0 Å². The van der Waals surface area contributed by atoms with Gasteiger partial charge in [-0.1, -0.05) is 48.5 Å². The molecule has 0 atom stereocenters. The van der Waals surface area contributed by atoms with Crippen molar-refractivity contribution in [2.24, 2.45) is 0 Å². The van der Waals surface area contributed by atoms with Gasteiger partial charge in [0, 0.05) is 36.4 Å². The number of hydrogen-bond donors (Lipinski definition) is 2. The summed E-state index contributed by atoms with van der Waals surface area (Å²) in [5.74, 6) is 1.26. The number of aliphatic hydroxyl groups excluding tert-OH is 1. The minimum Gasteiger partial charge on any atom is -0.512 e. The van der Waals surface area contributed by atoms with Gasteiger partial charge in [0.15, 0.2) is 11.5 Å².